The average molecular weight is 327 g/mol. The van der Waals surface area contributed by atoms with Gasteiger partial charge in [-0.25, -0.2) is 9.67 Å². The van der Waals surface area contributed by atoms with Gasteiger partial charge in [0.25, 0.3) is 0 Å². The molecule has 0 bridgehead atoms. The number of amides is 2. The van der Waals surface area contributed by atoms with Crippen molar-refractivity contribution >= 4 is 17.8 Å². The molecule has 0 spiro atoms. The molecule has 0 saturated heterocycles. The van der Waals surface area contributed by atoms with Crippen molar-refractivity contribution in [2.75, 3.05) is 11.9 Å². The van der Waals surface area contributed by atoms with Gasteiger partial charge in [-0.05, 0) is 24.8 Å². The lowest BCUT2D eigenvalue weighted by molar-refractivity contribution is -0.122. The Bertz CT molecular complexity index is 694. The summed E-state index contributed by atoms with van der Waals surface area (Å²) in [5.74, 6) is 0.472. The van der Waals surface area contributed by atoms with Crippen molar-refractivity contribution in [2.24, 2.45) is 5.92 Å². The van der Waals surface area contributed by atoms with Gasteiger partial charge in [-0.15, -0.1) is 5.10 Å². The molecule has 1 heterocycles. The molecule has 1 aromatic carbocycles. The van der Waals surface area contributed by atoms with E-state index in [4.69, 9.17) is 0 Å². The largest absolute Gasteiger partial charge is 0.356 e. The number of hydrogen-bond donors (Lipinski definition) is 2. The fraction of sp³-hybridized carbons (Fsp3) is 0.412. The Kier molecular flexibility index (Phi) is 5.20. The molecule has 1 saturated carbocycles. The number of benzene rings is 1. The molecule has 1 aromatic heterocycles. The average Bonchev–Trinajstić information content (AvgIpc) is 3.35. The zero-order chi connectivity index (χ0) is 16.8. The highest BCUT2D eigenvalue weighted by Gasteiger charge is 2.28. The molecule has 1 aliphatic carbocycles. The fourth-order valence-corrected chi connectivity index (χ4v) is 2.34. The summed E-state index contributed by atoms with van der Waals surface area (Å²) in [6.07, 6.45) is 4.51. The van der Waals surface area contributed by atoms with E-state index in [1.165, 1.54) is 0 Å². The van der Waals surface area contributed by atoms with E-state index >= 15 is 0 Å². The Hall–Kier alpha value is -2.70. The first kappa shape index (κ1) is 16.2. The molecule has 0 radical (unpaired) electrons. The second-order valence-electron chi connectivity index (χ2n) is 5.97. The van der Waals surface area contributed by atoms with E-state index in [1.807, 2.05) is 30.3 Å². The van der Waals surface area contributed by atoms with Crippen LogP contribution in [0.5, 0.6) is 0 Å². The lowest BCUT2D eigenvalue weighted by Crippen LogP contribution is -2.26. The van der Waals surface area contributed by atoms with Crippen LogP contribution in [0.1, 0.15) is 31.2 Å². The van der Waals surface area contributed by atoms with Gasteiger partial charge in [0.15, 0.2) is 0 Å². The van der Waals surface area contributed by atoms with Gasteiger partial charge in [0.2, 0.25) is 17.8 Å². The third-order valence-electron chi connectivity index (χ3n) is 3.80. The number of carbonyl (C=O) groups excluding carboxylic acids is 2. The monoisotopic (exact) mass is 327 g/mol. The first-order valence-corrected chi connectivity index (χ1v) is 8.21. The van der Waals surface area contributed by atoms with Gasteiger partial charge in [0.05, 0.1) is 6.54 Å². The Morgan fingerprint density at radius 2 is 2.00 bits per heavy atom. The Morgan fingerprint density at radius 3 is 2.75 bits per heavy atom. The van der Waals surface area contributed by atoms with Gasteiger partial charge in [0.1, 0.15) is 6.33 Å². The number of hydrogen-bond acceptors (Lipinski definition) is 4. The lowest BCUT2D eigenvalue weighted by atomic mass is 10.2. The van der Waals surface area contributed by atoms with Crippen LogP contribution < -0.4 is 10.6 Å². The molecule has 7 heteroatoms. The van der Waals surface area contributed by atoms with Crippen molar-refractivity contribution in [3.8, 4) is 0 Å². The molecule has 2 N–H and O–H groups in total. The number of carbonyl (C=O) groups is 2. The quantitative estimate of drug-likeness (QED) is 0.720. The summed E-state index contributed by atoms with van der Waals surface area (Å²) in [5, 5.41) is 9.75. The van der Waals surface area contributed by atoms with Crippen molar-refractivity contribution in [2.45, 2.75) is 32.2 Å². The van der Waals surface area contributed by atoms with Gasteiger partial charge in [-0.3, -0.25) is 14.9 Å². The fourth-order valence-electron chi connectivity index (χ4n) is 2.34. The van der Waals surface area contributed by atoms with Crippen LogP contribution in [0.3, 0.4) is 0 Å². The molecule has 0 aliphatic heterocycles. The molecule has 2 aromatic rings. The van der Waals surface area contributed by atoms with Crippen LogP contribution in [0, 0.1) is 5.92 Å². The summed E-state index contributed by atoms with van der Waals surface area (Å²) in [4.78, 5) is 27.4. The van der Waals surface area contributed by atoms with Crippen LogP contribution >= 0.6 is 0 Å². The van der Waals surface area contributed by atoms with Gasteiger partial charge in [0, 0.05) is 18.9 Å². The predicted octanol–water partition coefficient (Wildman–Crippen LogP) is 1.57. The maximum Gasteiger partial charge on any atom is 0.248 e. The summed E-state index contributed by atoms with van der Waals surface area (Å²) in [6.45, 7) is 1.13. The molecule has 0 atom stereocenters. The smallest absolute Gasteiger partial charge is 0.248 e. The van der Waals surface area contributed by atoms with Crippen LogP contribution in [0.4, 0.5) is 5.95 Å². The SMILES string of the molecule is O=C(CCCNC(=O)C1CC1)Nc1ncn(Cc2ccccc2)n1. The molecule has 24 heavy (non-hydrogen) atoms. The van der Waals surface area contributed by atoms with Gasteiger partial charge >= 0.3 is 0 Å². The molecule has 7 nitrogen and oxygen atoms in total. The highest BCUT2D eigenvalue weighted by molar-refractivity contribution is 5.88. The van der Waals surface area contributed by atoms with E-state index < -0.39 is 0 Å². The van der Waals surface area contributed by atoms with Crippen LogP contribution in [-0.2, 0) is 16.1 Å². The van der Waals surface area contributed by atoms with E-state index in [-0.39, 0.29) is 17.7 Å². The maximum atomic E-state index is 11.9. The minimum Gasteiger partial charge on any atom is -0.356 e. The molecule has 3 rings (SSSR count). The van der Waals surface area contributed by atoms with Crippen LogP contribution in [0.2, 0.25) is 0 Å². The van der Waals surface area contributed by atoms with E-state index in [0.29, 0.717) is 31.9 Å². The second kappa shape index (κ2) is 7.72. The molecule has 2 amide bonds. The zero-order valence-corrected chi connectivity index (χ0v) is 13.4. The second-order valence-corrected chi connectivity index (χ2v) is 5.97. The van der Waals surface area contributed by atoms with Crippen molar-refractivity contribution in [1.29, 1.82) is 0 Å². The summed E-state index contributed by atoms with van der Waals surface area (Å²) in [7, 11) is 0. The van der Waals surface area contributed by atoms with E-state index in [9.17, 15) is 9.59 Å². The highest BCUT2D eigenvalue weighted by Crippen LogP contribution is 2.28. The lowest BCUT2D eigenvalue weighted by Gasteiger charge is -2.04. The Balaban J connectivity index is 1.37. The van der Waals surface area contributed by atoms with Crippen molar-refractivity contribution in [1.82, 2.24) is 20.1 Å². The molecule has 126 valence electrons. The molecular weight excluding hydrogens is 306 g/mol. The first-order chi connectivity index (χ1) is 11.7. The number of nitrogens with one attached hydrogen (secondary N) is 2. The standard InChI is InChI=1S/C17H21N5O2/c23-15(7-4-10-18-16(24)14-8-9-14)20-17-19-12-22(21-17)11-13-5-2-1-3-6-13/h1-3,5-6,12,14H,4,7-11H2,(H,18,24)(H,20,21,23). The van der Waals surface area contributed by atoms with Crippen molar-refractivity contribution in [3.05, 3.63) is 42.2 Å². The van der Waals surface area contributed by atoms with Gasteiger partial charge in [-0.1, -0.05) is 30.3 Å². The predicted molar refractivity (Wildman–Crippen MR) is 89.2 cm³/mol. The van der Waals surface area contributed by atoms with Gasteiger partial charge < -0.3 is 5.32 Å². The number of rotatable bonds is 8. The summed E-state index contributed by atoms with van der Waals surface area (Å²) >= 11 is 0. The summed E-state index contributed by atoms with van der Waals surface area (Å²) in [5.41, 5.74) is 1.12. The zero-order valence-electron chi connectivity index (χ0n) is 13.4. The van der Waals surface area contributed by atoms with E-state index in [2.05, 4.69) is 20.7 Å². The number of aromatic nitrogens is 3. The molecule has 1 aliphatic rings. The van der Waals surface area contributed by atoms with E-state index in [1.54, 1.807) is 11.0 Å². The third-order valence-corrected chi connectivity index (χ3v) is 3.80. The van der Waals surface area contributed by atoms with Crippen molar-refractivity contribution < 1.29 is 9.59 Å². The van der Waals surface area contributed by atoms with Crippen molar-refractivity contribution in [3.63, 3.8) is 0 Å². The minimum absolute atomic E-state index is 0.108. The number of nitrogens with zero attached hydrogens (tertiary/aromatic N) is 3. The molecule has 0 unspecified atom stereocenters. The third kappa shape index (κ3) is 4.91. The van der Waals surface area contributed by atoms with Crippen LogP contribution in [-0.4, -0.2) is 33.1 Å². The van der Waals surface area contributed by atoms with Crippen LogP contribution in [0.25, 0.3) is 0 Å². The topological polar surface area (TPSA) is 88.9 Å². The Labute approximate surface area is 140 Å². The normalized spacial score (nSPS) is 13.5. The number of anilines is 1. The molecular formula is C17H21N5O2. The minimum atomic E-state index is -0.145. The summed E-state index contributed by atoms with van der Waals surface area (Å²) in [6, 6.07) is 9.92. The Morgan fingerprint density at radius 1 is 1.21 bits per heavy atom. The molecule has 1 fully saturated rings. The maximum absolute atomic E-state index is 11.9. The highest BCUT2D eigenvalue weighted by atomic mass is 16.2. The van der Waals surface area contributed by atoms with Gasteiger partial charge in [-0.2, -0.15) is 0 Å². The first-order valence-electron chi connectivity index (χ1n) is 8.21. The summed E-state index contributed by atoms with van der Waals surface area (Å²) < 4.78 is 1.68. The van der Waals surface area contributed by atoms with Crippen LogP contribution in [0.15, 0.2) is 36.7 Å². The van der Waals surface area contributed by atoms with E-state index in [0.717, 1.165) is 18.4 Å².